The number of methoxy groups -OCH3 is 1. The van der Waals surface area contributed by atoms with Gasteiger partial charge in [0, 0.05) is 11.8 Å². The van der Waals surface area contributed by atoms with Gasteiger partial charge in [0.1, 0.15) is 12.2 Å². The van der Waals surface area contributed by atoms with E-state index in [2.05, 4.69) is 0 Å². The molecule has 1 unspecified atom stereocenters. The molecule has 0 bridgehead atoms. The Morgan fingerprint density at radius 1 is 1.38 bits per heavy atom. The topological polar surface area (TPSA) is 84.9 Å². The normalized spacial score (nSPS) is 14.2. The maximum absolute atomic E-state index is 9.56. The molecular formula is C11H17NO4. The number of nitrogens with two attached hydrogens (primary N) is 1. The Kier molecular flexibility index (Phi) is 3.98. The first kappa shape index (κ1) is 12.6. The highest BCUT2D eigenvalue weighted by atomic mass is 16.5. The monoisotopic (exact) mass is 227 g/mol. The molecule has 0 fully saturated rings. The summed E-state index contributed by atoms with van der Waals surface area (Å²) < 4.78 is 10.4. The predicted molar refractivity (Wildman–Crippen MR) is 60.6 cm³/mol. The molecule has 0 amide bonds. The molecule has 5 nitrogen and oxygen atoms in total. The number of anilines is 1. The van der Waals surface area contributed by atoms with Crippen LogP contribution >= 0.6 is 0 Å². The molecule has 0 heterocycles. The number of nitrogen functional groups attached to an aromatic ring is 1. The molecule has 1 aromatic carbocycles. The first-order valence-electron chi connectivity index (χ1n) is 4.88. The maximum atomic E-state index is 9.56. The third-order valence-electron chi connectivity index (χ3n) is 2.07. The van der Waals surface area contributed by atoms with Gasteiger partial charge in [-0.25, -0.2) is 0 Å². The van der Waals surface area contributed by atoms with Crippen molar-refractivity contribution in [3.05, 3.63) is 18.2 Å². The minimum atomic E-state index is -1.27. The lowest BCUT2D eigenvalue weighted by Gasteiger charge is -2.21. The minimum absolute atomic E-state index is 0.0240. The van der Waals surface area contributed by atoms with Gasteiger partial charge in [0.2, 0.25) is 0 Å². The molecule has 0 aliphatic carbocycles. The predicted octanol–water partition coefficient (Wildman–Crippen LogP) is 0.400. The van der Waals surface area contributed by atoms with Crippen LogP contribution in [-0.2, 0) is 0 Å². The Balaban J connectivity index is 2.74. The molecule has 0 aromatic heterocycles. The van der Waals surface area contributed by atoms with Crippen molar-refractivity contribution in [3.8, 4) is 11.5 Å². The Morgan fingerprint density at radius 2 is 2.06 bits per heavy atom. The van der Waals surface area contributed by atoms with E-state index in [1.54, 1.807) is 18.2 Å². The fraction of sp³-hybridized carbons (Fsp3) is 0.455. The number of benzene rings is 1. The van der Waals surface area contributed by atoms with Crippen LogP contribution in [0.2, 0.25) is 0 Å². The summed E-state index contributed by atoms with van der Waals surface area (Å²) in [5.41, 5.74) is 4.88. The fourth-order valence-electron chi connectivity index (χ4n) is 1.08. The lowest BCUT2D eigenvalue weighted by Crippen LogP contribution is -2.36. The Hall–Kier alpha value is -1.46. The van der Waals surface area contributed by atoms with Gasteiger partial charge in [-0.2, -0.15) is 0 Å². The van der Waals surface area contributed by atoms with E-state index in [-0.39, 0.29) is 13.2 Å². The average Bonchev–Trinajstić information content (AvgIpc) is 2.27. The summed E-state index contributed by atoms with van der Waals surface area (Å²) in [6.07, 6.45) is 0. The smallest absolute Gasteiger partial charge is 0.162 e. The van der Waals surface area contributed by atoms with Crippen LogP contribution in [0.1, 0.15) is 6.92 Å². The van der Waals surface area contributed by atoms with Crippen LogP contribution < -0.4 is 15.2 Å². The largest absolute Gasteiger partial charge is 0.493 e. The molecule has 5 heteroatoms. The fourth-order valence-corrected chi connectivity index (χ4v) is 1.08. The molecule has 0 saturated heterocycles. The first-order chi connectivity index (χ1) is 7.48. The van der Waals surface area contributed by atoms with E-state index in [4.69, 9.17) is 20.3 Å². The second kappa shape index (κ2) is 5.05. The van der Waals surface area contributed by atoms with E-state index in [1.807, 2.05) is 0 Å². The third-order valence-corrected chi connectivity index (χ3v) is 2.07. The summed E-state index contributed by atoms with van der Waals surface area (Å²) in [5, 5.41) is 18.4. The van der Waals surface area contributed by atoms with Crippen molar-refractivity contribution in [2.45, 2.75) is 12.5 Å². The van der Waals surface area contributed by atoms with Gasteiger partial charge in [-0.15, -0.1) is 0 Å². The highest BCUT2D eigenvalue weighted by Gasteiger charge is 2.20. The highest BCUT2D eigenvalue weighted by Crippen LogP contribution is 2.29. The number of hydrogen-bond acceptors (Lipinski definition) is 5. The van der Waals surface area contributed by atoms with Crippen molar-refractivity contribution in [2.24, 2.45) is 0 Å². The van der Waals surface area contributed by atoms with Crippen LogP contribution in [0.25, 0.3) is 0 Å². The lowest BCUT2D eigenvalue weighted by molar-refractivity contribution is -0.0329. The number of aliphatic hydroxyl groups is 2. The van der Waals surface area contributed by atoms with Crippen molar-refractivity contribution < 1.29 is 19.7 Å². The van der Waals surface area contributed by atoms with Gasteiger partial charge in [0.25, 0.3) is 0 Å². The van der Waals surface area contributed by atoms with Crippen LogP contribution in [0.15, 0.2) is 18.2 Å². The van der Waals surface area contributed by atoms with Crippen LogP contribution in [0.5, 0.6) is 11.5 Å². The summed E-state index contributed by atoms with van der Waals surface area (Å²) in [4.78, 5) is 0. The Bertz CT molecular complexity index is 352. The highest BCUT2D eigenvalue weighted by molar-refractivity contribution is 5.51. The summed E-state index contributed by atoms with van der Waals surface area (Å²) in [6, 6.07) is 4.95. The van der Waals surface area contributed by atoms with Gasteiger partial charge >= 0.3 is 0 Å². The van der Waals surface area contributed by atoms with Gasteiger partial charge in [0.05, 0.1) is 13.7 Å². The van der Waals surface area contributed by atoms with E-state index in [1.165, 1.54) is 14.0 Å². The number of ether oxygens (including phenoxy) is 2. The van der Waals surface area contributed by atoms with Gasteiger partial charge < -0.3 is 25.4 Å². The second-order valence-corrected chi connectivity index (χ2v) is 3.85. The molecule has 90 valence electrons. The van der Waals surface area contributed by atoms with Gasteiger partial charge in [-0.3, -0.25) is 0 Å². The minimum Gasteiger partial charge on any atom is -0.493 e. The molecule has 0 radical (unpaired) electrons. The molecular weight excluding hydrogens is 210 g/mol. The Morgan fingerprint density at radius 3 is 2.62 bits per heavy atom. The molecule has 0 spiro atoms. The van der Waals surface area contributed by atoms with Crippen LogP contribution in [0, 0.1) is 0 Å². The number of hydrogen-bond donors (Lipinski definition) is 3. The van der Waals surface area contributed by atoms with E-state index < -0.39 is 5.60 Å². The summed E-state index contributed by atoms with van der Waals surface area (Å²) >= 11 is 0. The van der Waals surface area contributed by atoms with Gasteiger partial charge in [-0.05, 0) is 19.1 Å². The van der Waals surface area contributed by atoms with Gasteiger partial charge in [-0.1, -0.05) is 0 Å². The third kappa shape index (κ3) is 3.29. The molecule has 1 atom stereocenters. The van der Waals surface area contributed by atoms with Crippen LogP contribution in [0.4, 0.5) is 5.69 Å². The van der Waals surface area contributed by atoms with Crippen LogP contribution in [0.3, 0.4) is 0 Å². The second-order valence-electron chi connectivity index (χ2n) is 3.85. The Labute approximate surface area is 94.4 Å². The van der Waals surface area contributed by atoms with Crippen LogP contribution in [-0.4, -0.2) is 36.1 Å². The molecule has 16 heavy (non-hydrogen) atoms. The van der Waals surface area contributed by atoms with E-state index in [0.717, 1.165) is 0 Å². The van der Waals surface area contributed by atoms with Crippen molar-refractivity contribution >= 4 is 5.69 Å². The zero-order valence-electron chi connectivity index (χ0n) is 9.43. The SMILES string of the molecule is COc1cc(N)ccc1OCC(C)(O)CO. The molecule has 4 N–H and O–H groups in total. The zero-order valence-corrected chi connectivity index (χ0v) is 9.43. The number of rotatable bonds is 5. The van der Waals surface area contributed by atoms with Crippen molar-refractivity contribution in [1.29, 1.82) is 0 Å². The van der Waals surface area contributed by atoms with Gasteiger partial charge in [0.15, 0.2) is 11.5 Å². The standard InChI is InChI=1S/C11H17NO4/c1-11(14,6-13)7-16-9-4-3-8(12)5-10(9)15-2/h3-5,13-14H,6-7,12H2,1-2H3. The molecule has 1 aromatic rings. The zero-order chi connectivity index (χ0) is 12.2. The summed E-state index contributed by atoms with van der Waals surface area (Å²) in [7, 11) is 1.51. The summed E-state index contributed by atoms with van der Waals surface area (Å²) in [5.74, 6) is 0.971. The first-order valence-corrected chi connectivity index (χ1v) is 4.88. The quantitative estimate of drug-likeness (QED) is 0.634. The molecule has 0 aliphatic heterocycles. The lowest BCUT2D eigenvalue weighted by atomic mass is 10.1. The molecule has 1 rings (SSSR count). The van der Waals surface area contributed by atoms with E-state index >= 15 is 0 Å². The van der Waals surface area contributed by atoms with Crippen molar-refractivity contribution in [3.63, 3.8) is 0 Å². The molecule has 0 saturated carbocycles. The van der Waals surface area contributed by atoms with E-state index in [0.29, 0.717) is 17.2 Å². The van der Waals surface area contributed by atoms with E-state index in [9.17, 15) is 5.11 Å². The van der Waals surface area contributed by atoms with Crippen molar-refractivity contribution in [1.82, 2.24) is 0 Å². The molecule has 0 aliphatic rings. The summed E-state index contributed by atoms with van der Waals surface area (Å²) in [6.45, 7) is 1.09. The number of aliphatic hydroxyl groups excluding tert-OH is 1. The average molecular weight is 227 g/mol. The maximum Gasteiger partial charge on any atom is 0.162 e. The van der Waals surface area contributed by atoms with Crippen molar-refractivity contribution in [2.75, 3.05) is 26.1 Å².